The normalized spacial score (nSPS) is 16.0. The predicted octanol–water partition coefficient (Wildman–Crippen LogP) is 4.30. The lowest BCUT2D eigenvalue weighted by atomic mass is 10.1. The molecule has 1 atom stereocenters. The number of aryl methyl sites for hydroxylation is 1. The third-order valence-corrected chi connectivity index (χ3v) is 4.34. The molecule has 0 radical (unpaired) electrons. The van der Waals surface area contributed by atoms with Crippen molar-refractivity contribution in [3.05, 3.63) is 70.8 Å². The zero-order valence-corrected chi connectivity index (χ0v) is 12.2. The van der Waals surface area contributed by atoms with Gasteiger partial charge in [0.05, 0.1) is 0 Å². The van der Waals surface area contributed by atoms with Gasteiger partial charge in [0.1, 0.15) is 11.6 Å². The third-order valence-electron chi connectivity index (χ3n) is 4.34. The molecule has 0 spiro atoms. The van der Waals surface area contributed by atoms with E-state index in [-0.39, 0.29) is 11.6 Å². The van der Waals surface area contributed by atoms with E-state index in [9.17, 15) is 8.78 Å². The summed E-state index contributed by atoms with van der Waals surface area (Å²) in [6, 6.07) is 12.4. The van der Waals surface area contributed by atoms with Crippen molar-refractivity contribution >= 4 is 0 Å². The lowest BCUT2D eigenvalue weighted by molar-refractivity contribution is 0.202. The lowest BCUT2D eigenvalue weighted by Gasteiger charge is -2.23. The maximum absolute atomic E-state index is 13.8. The number of rotatable bonds is 4. The van der Waals surface area contributed by atoms with Crippen molar-refractivity contribution in [1.82, 2.24) is 4.90 Å². The maximum Gasteiger partial charge on any atom is 0.128 e. The highest BCUT2D eigenvalue weighted by Crippen LogP contribution is 2.27. The van der Waals surface area contributed by atoms with Gasteiger partial charge in [0.25, 0.3) is 0 Å². The minimum Gasteiger partial charge on any atom is -0.292 e. The molecule has 3 rings (SSSR count). The number of nitrogens with zero attached hydrogens (tertiary/aromatic N) is 1. The highest BCUT2D eigenvalue weighted by Gasteiger charge is 2.25. The van der Waals surface area contributed by atoms with Gasteiger partial charge in [0.15, 0.2) is 0 Å². The van der Waals surface area contributed by atoms with Gasteiger partial charge in [-0.25, -0.2) is 8.78 Å². The highest BCUT2D eigenvalue weighted by atomic mass is 19.1. The van der Waals surface area contributed by atoms with Crippen LogP contribution in [0.5, 0.6) is 0 Å². The number of hydrogen-bond acceptors (Lipinski definition) is 1. The van der Waals surface area contributed by atoms with E-state index in [4.69, 9.17) is 0 Å². The van der Waals surface area contributed by atoms with E-state index >= 15 is 0 Å². The molecule has 2 aromatic rings. The summed E-state index contributed by atoms with van der Waals surface area (Å²) in [5.41, 5.74) is 3.08. The van der Waals surface area contributed by atoms with Gasteiger partial charge in [0, 0.05) is 24.7 Å². The first-order chi connectivity index (χ1) is 10.1. The second-order valence-corrected chi connectivity index (χ2v) is 5.80. The molecule has 0 aromatic heterocycles. The molecule has 3 heteroatoms. The van der Waals surface area contributed by atoms with Gasteiger partial charge in [0.2, 0.25) is 0 Å². The largest absolute Gasteiger partial charge is 0.292 e. The van der Waals surface area contributed by atoms with Crippen LogP contribution in [0.25, 0.3) is 0 Å². The van der Waals surface area contributed by atoms with E-state index in [2.05, 4.69) is 11.8 Å². The van der Waals surface area contributed by atoms with Crippen LogP contribution >= 0.6 is 0 Å². The summed E-state index contributed by atoms with van der Waals surface area (Å²) in [6.07, 6.45) is 1.90. The minimum atomic E-state index is -0.197. The summed E-state index contributed by atoms with van der Waals surface area (Å²) < 4.78 is 26.6. The quantitative estimate of drug-likeness (QED) is 0.810. The Morgan fingerprint density at radius 1 is 1.05 bits per heavy atom. The molecule has 1 aliphatic heterocycles. The van der Waals surface area contributed by atoms with Crippen molar-refractivity contribution < 1.29 is 8.78 Å². The molecular formula is C18H19F2N. The number of halogens is 2. The second kappa shape index (κ2) is 5.94. The molecule has 0 saturated carbocycles. The number of hydrogen-bond donors (Lipinski definition) is 0. The summed E-state index contributed by atoms with van der Waals surface area (Å²) in [6.45, 7) is 3.68. The van der Waals surface area contributed by atoms with Gasteiger partial charge >= 0.3 is 0 Å². The summed E-state index contributed by atoms with van der Waals surface area (Å²) in [5, 5.41) is 0. The summed E-state index contributed by atoms with van der Waals surface area (Å²) in [7, 11) is 0. The monoisotopic (exact) mass is 287 g/mol. The van der Waals surface area contributed by atoms with Crippen LogP contribution in [0, 0.1) is 11.6 Å². The summed E-state index contributed by atoms with van der Waals surface area (Å²) in [4.78, 5) is 2.30. The fourth-order valence-corrected chi connectivity index (χ4v) is 2.93. The molecule has 2 aromatic carbocycles. The first-order valence-electron chi connectivity index (χ1n) is 7.38. The van der Waals surface area contributed by atoms with Crippen LogP contribution in [0.1, 0.15) is 30.0 Å². The molecule has 0 N–H and O–H groups in total. The number of benzene rings is 2. The zero-order chi connectivity index (χ0) is 14.8. The Hall–Kier alpha value is -1.74. The topological polar surface area (TPSA) is 3.24 Å². The molecule has 1 unspecified atom stereocenters. The van der Waals surface area contributed by atoms with Crippen LogP contribution in [-0.4, -0.2) is 10.9 Å². The average Bonchev–Trinajstić information content (AvgIpc) is 2.92. The van der Waals surface area contributed by atoms with E-state index in [1.54, 1.807) is 6.07 Å². The molecule has 21 heavy (non-hydrogen) atoms. The van der Waals surface area contributed by atoms with Crippen molar-refractivity contribution in [2.24, 2.45) is 0 Å². The molecule has 0 aliphatic carbocycles. The van der Waals surface area contributed by atoms with Crippen molar-refractivity contribution in [3.8, 4) is 0 Å². The van der Waals surface area contributed by atoms with Crippen molar-refractivity contribution in [2.45, 2.75) is 38.9 Å². The standard InChI is InChI=1S/C18H19F2N/c1-13(5-6-14-7-9-16(19)10-8-14)21-11-15-3-2-4-18(20)17(15)12-21/h2-4,7-10,13H,5-6,11-12H2,1H3. The fraction of sp³-hybridized carbons (Fsp3) is 0.333. The summed E-state index contributed by atoms with van der Waals surface area (Å²) >= 11 is 0. The van der Waals surface area contributed by atoms with Gasteiger partial charge < -0.3 is 0 Å². The SMILES string of the molecule is CC(CCc1ccc(F)cc1)N1Cc2cccc(F)c2C1. The Bertz CT molecular complexity index is 622. The van der Waals surface area contributed by atoms with Crippen molar-refractivity contribution in [1.29, 1.82) is 0 Å². The Morgan fingerprint density at radius 3 is 2.52 bits per heavy atom. The van der Waals surface area contributed by atoms with Crippen molar-refractivity contribution in [3.63, 3.8) is 0 Å². The molecule has 1 nitrogen and oxygen atoms in total. The fourth-order valence-electron chi connectivity index (χ4n) is 2.93. The maximum atomic E-state index is 13.8. The molecule has 1 heterocycles. The Kier molecular flexibility index (Phi) is 4.02. The van der Waals surface area contributed by atoms with Crippen LogP contribution in [0.3, 0.4) is 0 Å². The Balaban J connectivity index is 1.59. The lowest BCUT2D eigenvalue weighted by Crippen LogP contribution is -2.28. The van der Waals surface area contributed by atoms with Gasteiger partial charge in [-0.3, -0.25) is 4.90 Å². The molecule has 0 bridgehead atoms. The van der Waals surface area contributed by atoms with Crippen LogP contribution in [0.15, 0.2) is 42.5 Å². The van der Waals surface area contributed by atoms with Crippen LogP contribution < -0.4 is 0 Å². The molecule has 0 saturated heterocycles. The van der Waals surface area contributed by atoms with E-state index in [0.717, 1.165) is 36.1 Å². The molecule has 0 fully saturated rings. The first-order valence-corrected chi connectivity index (χ1v) is 7.38. The molecule has 110 valence electrons. The first kappa shape index (κ1) is 14.2. The van der Waals surface area contributed by atoms with Crippen molar-refractivity contribution in [2.75, 3.05) is 0 Å². The summed E-state index contributed by atoms with van der Waals surface area (Å²) in [5.74, 6) is -0.294. The van der Waals surface area contributed by atoms with E-state index in [0.29, 0.717) is 12.6 Å². The van der Waals surface area contributed by atoms with Gasteiger partial charge in [-0.15, -0.1) is 0 Å². The van der Waals surface area contributed by atoms with Gasteiger partial charge in [-0.05, 0) is 49.1 Å². The molecular weight excluding hydrogens is 268 g/mol. The third kappa shape index (κ3) is 3.13. The molecule has 0 amide bonds. The van der Waals surface area contributed by atoms with Crippen LogP contribution in [0.2, 0.25) is 0 Å². The Morgan fingerprint density at radius 2 is 1.81 bits per heavy atom. The van der Waals surface area contributed by atoms with Crippen LogP contribution in [0.4, 0.5) is 8.78 Å². The van der Waals surface area contributed by atoms with Gasteiger partial charge in [-0.2, -0.15) is 0 Å². The number of fused-ring (bicyclic) bond motifs is 1. The smallest absolute Gasteiger partial charge is 0.128 e. The Labute approximate surface area is 124 Å². The minimum absolute atomic E-state index is 0.0965. The predicted molar refractivity (Wildman–Crippen MR) is 79.8 cm³/mol. The van der Waals surface area contributed by atoms with E-state index < -0.39 is 0 Å². The van der Waals surface area contributed by atoms with E-state index in [1.807, 2.05) is 18.2 Å². The second-order valence-electron chi connectivity index (χ2n) is 5.80. The molecule has 1 aliphatic rings. The van der Waals surface area contributed by atoms with E-state index in [1.165, 1.54) is 18.2 Å². The average molecular weight is 287 g/mol. The van der Waals surface area contributed by atoms with Crippen LogP contribution in [-0.2, 0) is 19.5 Å². The van der Waals surface area contributed by atoms with Gasteiger partial charge in [-0.1, -0.05) is 24.3 Å². The highest BCUT2D eigenvalue weighted by molar-refractivity contribution is 5.32. The zero-order valence-electron chi connectivity index (χ0n) is 12.2.